The first-order valence-electron chi connectivity index (χ1n) is 8.03. The molecular formula is C18H16FN3O2S. The molecule has 0 bridgehead atoms. The lowest BCUT2D eigenvalue weighted by Crippen LogP contribution is -2.36. The highest BCUT2D eigenvalue weighted by atomic mass is 32.2. The molecule has 2 aliphatic rings. The van der Waals surface area contributed by atoms with E-state index in [2.05, 4.69) is 0 Å². The monoisotopic (exact) mass is 357 g/mol. The van der Waals surface area contributed by atoms with Gasteiger partial charge in [-0.2, -0.15) is 13.7 Å². The molecule has 0 radical (unpaired) electrons. The molecule has 1 aliphatic heterocycles. The molecule has 1 saturated carbocycles. The van der Waals surface area contributed by atoms with Gasteiger partial charge in [0.05, 0.1) is 23.0 Å². The Labute approximate surface area is 146 Å². The Bertz CT molecular complexity index is 1010. The number of hydrogen-bond acceptors (Lipinski definition) is 3. The van der Waals surface area contributed by atoms with E-state index >= 15 is 0 Å². The van der Waals surface area contributed by atoms with Crippen molar-refractivity contribution in [3.63, 3.8) is 0 Å². The van der Waals surface area contributed by atoms with Crippen LogP contribution in [0.25, 0.3) is 11.1 Å². The second-order valence-electron chi connectivity index (χ2n) is 6.43. The van der Waals surface area contributed by atoms with E-state index in [1.807, 2.05) is 6.07 Å². The average Bonchev–Trinajstić information content (AvgIpc) is 3.39. The zero-order valence-corrected chi connectivity index (χ0v) is 14.4. The Balaban J connectivity index is 1.85. The molecule has 25 heavy (non-hydrogen) atoms. The number of nitrogens with zero attached hydrogens (tertiary/aromatic N) is 3. The Kier molecular flexibility index (Phi) is 3.48. The van der Waals surface area contributed by atoms with Crippen molar-refractivity contribution in [3.8, 4) is 17.2 Å². The van der Waals surface area contributed by atoms with Gasteiger partial charge in [-0.1, -0.05) is 12.1 Å². The van der Waals surface area contributed by atoms with E-state index < -0.39 is 16.0 Å². The first-order chi connectivity index (χ1) is 11.9. The minimum absolute atomic E-state index is 0.194. The van der Waals surface area contributed by atoms with E-state index in [-0.39, 0.29) is 11.1 Å². The van der Waals surface area contributed by atoms with Crippen LogP contribution in [0.15, 0.2) is 36.4 Å². The maximum absolute atomic E-state index is 14.3. The summed E-state index contributed by atoms with van der Waals surface area (Å²) in [5.41, 5.74) is 2.01. The minimum atomic E-state index is -3.60. The number of benzene rings is 2. The van der Waals surface area contributed by atoms with Crippen LogP contribution in [-0.2, 0) is 10.2 Å². The molecular weight excluding hydrogens is 341 g/mol. The number of nitriles is 1. The Morgan fingerprint density at radius 1 is 1.24 bits per heavy atom. The number of rotatable bonds is 3. The summed E-state index contributed by atoms with van der Waals surface area (Å²) in [6, 6.07) is 11.3. The molecule has 0 saturated heterocycles. The van der Waals surface area contributed by atoms with Crippen LogP contribution in [0, 0.1) is 23.1 Å². The van der Waals surface area contributed by atoms with Gasteiger partial charge in [0.15, 0.2) is 0 Å². The molecule has 2 aromatic carbocycles. The average molecular weight is 357 g/mol. The molecule has 0 unspecified atom stereocenters. The van der Waals surface area contributed by atoms with Crippen molar-refractivity contribution < 1.29 is 12.8 Å². The van der Waals surface area contributed by atoms with Crippen molar-refractivity contribution in [2.75, 3.05) is 22.2 Å². The van der Waals surface area contributed by atoms with Gasteiger partial charge in [0.25, 0.3) is 0 Å². The smallest absolute Gasteiger partial charge is 0.254 e. The first-order valence-corrected chi connectivity index (χ1v) is 9.43. The zero-order chi connectivity index (χ0) is 17.8. The third kappa shape index (κ3) is 2.45. The van der Waals surface area contributed by atoms with E-state index in [0.717, 1.165) is 12.8 Å². The molecule has 5 nitrogen and oxygen atoms in total. The van der Waals surface area contributed by atoms with Crippen molar-refractivity contribution in [2.24, 2.45) is 5.92 Å². The first kappa shape index (κ1) is 15.9. The standard InChI is InChI=1S/C18H16FN3O2S/c1-21-17-9-13(18-14(10-20)3-2-4-15(18)19)7-8-16(17)22(25(21,23)24)11-12-5-6-12/h2-4,7-9,12H,5-6,11H2,1H3. The van der Waals surface area contributed by atoms with Gasteiger partial charge in [0.2, 0.25) is 0 Å². The van der Waals surface area contributed by atoms with Crippen LogP contribution in [0.4, 0.5) is 15.8 Å². The van der Waals surface area contributed by atoms with E-state index in [9.17, 15) is 18.1 Å². The lowest BCUT2D eigenvalue weighted by Gasteiger charge is -2.18. The van der Waals surface area contributed by atoms with Gasteiger partial charge in [-0.05, 0) is 48.6 Å². The fraction of sp³-hybridized carbons (Fsp3) is 0.278. The molecule has 0 N–H and O–H groups in total. The molecule has 4 rings (SSSR count). The molecule has 0 atom stereocenters. The quantitative estimate of drug-likeness (QED) is 0.847. The van der Waals surface area contributed by atoms with Crippen LogP contribution >= 0.6 is 0 Å². The molecule has 1 heterocycles. The van der Waals surface area contributed by atoms with Gasteiger partial charge in [-0.3, -0.25) is 8.61 Å². The summed E-state index contributed by atoms with van der Waals surface area (Å²) in [5.74, 6) is -0.0945. The summed E-state index contributed by atoms with van der Waals surface area (Å²) in [6.45, 7) is 0.474. The van der Waals surface area contributed by atoms with Crippen molar-refractivity contribution >= 4 is 21.6 Å². The second kappa shape index (κ2) is 5.46. The molecule has 0 amide bonds. The highest BCUT2D eigenvalue weighted by molar-refractivity contribution is 7.94. The number of halogens is 1. The summed E-state index contributed by atoms with van der Waals surface area (Å²) in [4.78, 5) is 0. The van der Waals surface area contributed by atoms with Gasteiger partial charge in [0, 0.05) is 19.2 Å². The van der Waals surface area contributed by atoms with Crippen molar-refractivity contribution in [1.82, 2.24) is 0 Å². The molecule has 1 aliphatic carbocycles. The lowest BCUT2D eigenvalue weighted by molar-refractivity contribution is 0.590. The number of anilines is 2. The van der Waals surface area contributed by atoms with Gasteiger partial charge in [-0.25, -0.2) is 4.39 Å². The van der Waals surface area contributed by atoms with Crippen molar-refractivity contribution in [3.05, 3.63) is 47.8 Å². The van der Waals surface area contributed by atoms with E-state index in [1.54, 1.807) is 24.3 Å². The van der Waals surface area contributed by atoms with Gasteiger partial charge in [0.1, 0.15) is 5.82 Å². The fourth-order valence-electron chi connectivity index (χ4n) is 3.18. The predicted octanol–water partition coefficient (Wildman–Crippen LogP) is 3.28. The normalized spacial score (nSPS) is 18.1. The van der Waals surface area contributed by atoms with Crippen molar-refractivity contribution in [2.45, 2.75) is 12.8 Å². The molecule has 7 heteroatoms. The van der Waals surface area contributed by atoms with Crippen molar-refractivity contribution in [1.29, 1.82) is 5.26 Å². The highest BCUT2D eigenvalue weighted by Gasteiger charge is 2.41. The van der Waals surface area contributed by atoms with Crippen LogP contribution in [-0.4, -0.2) is 22.0 Å². The largest absolute Gasteiger partial charge is 0.326 e. The van der Waals surface area contributed by atoms with E-state index in [1.165, 1.54) is 27.8 Å². The Hall–Kier alpha value is -2.59. The second-order valence-corrected chi connectivity index (χ2v) is 8.31. The van der Waals surface area contributed by atoms with Crippen LogP contribution in [0.5, 0.6) is 0 Å². The predicted molar refractivity (Wildman–Crippen MR) is 93.9 cm³/mol. The summed E-state index contributed by atoms with van der Waals surface area (Å²) in [6.07, 6.45) is 2.09. The topological polar surface area (TPSA) is 64.4 Å². The fourth-order valence-corrected chi connectivity index (χ4v) is 4.67. The maximum atomic E-state index is 14.3. The van der Waals surface area contributed by atoms with Crippen LogP contribution < -0.4 is 8.61 Å². The number of hydrogen-bond donors (Lipinski definition) is 0. The summed E-state index contributed by atoms with van der Waals surface area (Å²) in [5, 5.41) is 9.25. The summed E-state index contributed by atoms with van der Waals surface area (Å²) in [7, 11) is -2.10. The molecule has 128 valence electrons. The highest BCUT2D eigenvalue weighted by Crippen LogP contribution is 2.45. The van der Waals surface area contributed by atoms with E-state index in [0.29, 0.717) is 29.4 Å². The molecule has 2 aromatic rings. The Morgan fingerprint density at radius 3 is 2.68 bits per heavy atom. The number of fused-ring (bicyclic) bond motifs is 1. The van der Waals surface area contributed by atoms with Crippen LogP contribution in [0.2, 0.25) is 0 Å². The summed E-state index contributed by atoms with van der Waals surface area (Å²) < 4.78 is 42.3. The SMILES string of the molecule is CN1c2cc(-c3c(F)cccc3C#N)ccc2N(CC2CC2)S1(=O)=O. The third-order valence-electron chi connectivity index (χ3n) is 4.75. The zero-order valence-electron chi connectivity index (χ0n) is 13.6. The lowest BCUT2D eigenvalue weighted by atomic mass is 9.98. The van der Waals surface area contributed by atoms with E-state index in [4.69, 9.17) is 0 Å². The molecule has 1 fully saturated rings. The molecule has 0 spiro atoms. The minimum Gasteiger partial charge on any atom is -0.254 e. The maximum Gasteiger partial charge on any atom is 0.326 e. The third-order valence-corrected chi connectivity index (χ3v) is 6.54. The van der Waals surface area contributed by atoms with Crippen LogP contribution in [0.3, 0.4) is 0 Å². The Morgan fingerprint density at radius 2 is 2.00 bits per heavy atom. The van der Waals surface area contributed by atoms with Gasteiger partial charge < -0.3 is 0 Å². The van der Waals surface area contributed by atoms with Gasteiger partial charge >= 0.3 is 10.2 Å². The molecule has 0 aromatic heterocycles. The summed E-state index contributed by atoms with van der Waals surface area (Å²) >= 11 is 0. The van der Waals surface area contributed by atoms with Gasteiger partial charge in [-0.15, -0.1) is 0 Å². The van der Waals surface area contributed by atoms with Crippen LogP contribution in [0.1, 0.15) is 18.4 Å².